The molecule has 2 heteroatoms. The van der Waals surface area contributed by atoms with Gasteiger partial charge in [-0.05, 0) is 38.5 Å². The Morgan fingerprint density at radius 1 is 1.31 bits per heavy atom. The summed E-state index contributed by atoms with van der Waals surface area (Å²) in [6.45, 7) is 2.91. The lowest BCUT2D eigenvalue weighted by atomic mass is 9.85. The first-order valence-electron chi connectivity index (χ1n) is 5.54. The van der Waals surface area contributed by atoms with Gasteiger partial charge < -0.3 is 9.84 Å². The predicted octanol–water partition coefficient (Wildman–Crippen LogP) is 2.11. The van der Waals surface area contributed by atoms with Gasteiger partial charge in [-0.1, -0.05) is 12.8 Å². The standard InChI is InChI=1S/C11H20O2/c1-11(7-4-8-13-11)10(12)9-5-2-3-6-9/h9-10,12H,2-8H2,1H3. The molecule has 2 nitrogen and oxygen atoms in total. The van der Waals surface area contributed by atoms with E-state index in [1.54, 1.807) is 0 Å². The third-order valence-electron chi connectivity index (χ3n) is 3.72. The van der Waals surface area contributed by atoms with Crippen LogP contribution in [-0.2, 0) is 4.74 Å². The van der Waals surface area contributed by atoms with E-state index >= 15 is 0 Å². The molecule has 1 saturated heterocycles. The Balaban J connectivity index is 1.97. The summed E-state index contributed by atoms with van der Waals surface area (Å²) in [7, 11) is 0. The molecule has 0 aromatic rings. The van der Waals surface area contributed by atoms with Crippen molar-refractivity contribution >= 4 is 0 Å². The van der Waals surface area contributed by atoms with Crippen LogP contribution < -0.4 is 0 Å². The Hall–Kier alpha value is -0.0800. The van der Waals surface area contributed by atoms with E-state index in [2.05, 4.69) is 6.92 Å². The maximum atomic E-state index is 10.2. The van der Waals surface area contributed by atoms with Gasteiger partial charge in [0, 0.05) is 6.61 Å². The third-order valence-corrected chi connectivity index (χ3v) is 3.72. The van der Waals surface area contributed by atoms with E-state index in [9.17, 15) is 5.11 Å². The van der Waals surface area contributed by atoms with Crippen LogP contribution in [0, 0.1) is 5.92 Å². The Kier molecular flexibility index (Phi) is 2.61. The fraction of sp³-hybridized carbons (Fsp3) is 1.00. The molecule has 2 rings (SSSR count). The van der Waals surface area contributed by atoms with E-state index in [1.165, 1.54) is 25.7 Å². The van der Waals surface area contributed by atoms with Crippen LogP contribution in [0.3, 0.4) is 0 Å². The summed E-state index contributed by atoms with van der Waals surface area (Å²) in [5.74, 6) is 0.503. The van der Waals surface area contributed by atoms with E-state index in [0.717, 1.165) is 19.4 Å². The summed E-state index contributed by atoms with van der Waals surface area (Å²) in [6, 6.07) is 0. The highest BCUT2D eigenvalue weighted by Crippen LogP contribution is 2.38. The zero-order valence-corrected chi connectivity index (χ0v) is 8.46. The summed E-state index contributed by atoms with van der Waals surface area (Å²) in [5.41, 5.74) is -0.227. The lowest BCUT2D eigenvalue weighted by Gasteiger charge is -2.33. The number of hydrogen-bond donors (Lipinski definition) is 1. The Morgan fingerprint density at radius 3 is 2.54 bits per heavy atom. The molecule has 0 radical (unpaired) electrons. The molecule has 1 saturated carbocycles. The minimum absolute atomic E-state index is 0.225. The second-order valence-electron chi connectivity index (χ2n) is 4.75. The smallest absolute Gasteiger partial charge is 0.0915 e. The van der Waals surface area contributed by atoms with Crippen LogP contribution >= 0.6 is 0 Å². The molecule has 2 unspecified atom stereocenters. The second kappa shape index (κ2) is 3.58. The minimum Gasteiger partial charge on any atom is -0.390 e. The average Bonchev–Trinajstić information content (AvgIpc) is 2.73. The highest BCUT2D eigenvalue weighted by Gasteiger charge is 2.42. The molecule has 0 aromatic heterocycles. The summed E-state index contributed by atoms with van der Waals surface area (Å²) in [4.78, 5) is 0. The highest BCUT2D eigenvalue weighted by molar-refractivity contribution is 4.92. The normalized spacial score (nSPS) is 38.3. The summed E-state index contributed by atoms with van der Waals surface area (Å²) >= 11 is 0. The monoisotopic (exact) mass is 184 g/mol. The van der Waals surface area contributed by atoms with Crippen molar-refractivity contribution in [1.82, 2.24) is 0 Å². The maximum absolute atomic E-state index is 10.2. The molecular formula is C11H20O2. The van der Waals surface area contributed by atoms with Crippen molar-refractivity contribution in [3.8, 4) is 0 Å². The number of ether oxygens (including phenoxy) is 1. The minimum atomic E-state index is -0.227. The topological polar surface area (TPSA) is 29.5 Å². The van der Waals surface area contributed by atoms with Gasteiger partial charge in [-0.3, -0.25) is 0 Å². The maximum Gasteiger partial charge on any atom is 0.0915 e. The van der Waals surface area contributed by atoms with Crippen LogP contribution in [0.25, 0.3) is 0 Å². The first-order valence-corrected chi connectivity index (χ1v) is 5.54. The van der Waals surface area contributed by atoms with Crippen molar-refractivity contribution in [1.29, 1.82) is 0 Å². The largest absolute Gasteiger partial charge is 0.390 e. The van der Waals surface area contributed by atoms with Gasteiger partial charge in [0.15, 0.2) is 0 Å². The first-order chi connectivity index (χ1) is 6.22. The van der Waals surface area contributed by atoms with Crippen molar-refractivity contribution in [2.45, 2.75) is 57.2 Å². The molecule has 1 N–H and O–H groups in total. The van der Waals surface area contributed by atoms with Crippen molar-refractivity contribution in [3.05, 3.63) is 0 Å². The Labute approximate surface area is 80.3 Å². The first kappa shape index (κ1) is 9.47. The number of aliphatic hydroxyl groups excluding tert-OH is 1. The highest BCUT2D eigenvalue weighted by atomic mass is 16.5. The zero-order chi connectivity index (χ0) is 9.31. The van der Waals surface area contributed by atoms with Crippen LogP contribution in [0.2, 0.25) is 0 Å². The lowest BCUT2D eigenvalue weighted by Crippen LogP contribution is -2.42. The Morgan fingerprint density at radius 2 is 2.00 bits per heavy atom. The molecule has 0 aromatic carbocycles. The van der Waals surface area contributed by atoms with Gasteiger partial charge in [0.05, 0.1) is 11.7 Å². The summed E-state index contributed by atoms with van der Waals surface area (Å²) in [6.07, 6.45) is 6.89. The molecule has 0 bridgehead atoms. The van der Waals surface area contributed by atoms with E-state index < -0.39 is 0 Å². The zero-order valence-electron chi connectivity index (χ0n) is 8.46. The number of aliphatic hydroxyl groups is 1. The van der Waals surface area contributed by atoms with E-state index in [0.29, 0.717) is 5.92 Å². The molecule has 2 fully saturated rings. The van der Waals surface area contributed by atoms with Crippen molar-refractivity contribution in [2.24, 2.45) is 5.92 Å². The fourth-order valence-electron chi connectivity index (χ4n) is 2.81. The van der Waals surface area contributed by atoms with Gasteiger partial charge in [-0.25, -0.2) is 0 Å². The van der Waals surface area contributed by atoms with Crippen molar-refractivity contribution < 1.29 is 9.84 Å². The number of hydrogen-bond acceptors (Lipinski definition) is 2. The average molecular weight is 184 g/mol. The van der Waals surface area contributed by atoms with Crippen LogP contribution in [0.15, 0.2) is 0 Å². The van der Waals surface area contributed by atoms with E-state index in [-0.39, 0.29) is 11.7 Å². The molecule has 2 atom stereocenters. The number of rotatable bonds is 2. The van der Waals surface area contributed by atoms with Crippen LogP contribution in [-0.4, -0.2) is 23.4 Å². The predicted molar refractivity (Wildman–Crippen MR) is 51.6 cm³/mol. The molecule has 1 aliphatic carbocycles. The second-order valence-corrected chi connectivity index (χ2v) is 4.75. The molecule has 13 heavy (non-hydrogen) atoms. The molecule has 0 spiro atoms. The van der Waals surface area contributed by atoms with Crippen LogP contribution in [0.4, 0.5) is 0 Å². The quantitative estimate of drug-likeness (QED) is 0.712. The fourth-order valence-corrected chi connectivity index (χ4v) is 2.81. The van der Waals surface area contributed by atoms with Crippen molar-refractivity contribution in [2.75, 3.05) is 6.61 Å². The van der Waals surface area contributed by atoms with E-state index in [1.807, 2.05) is 0 Å². The summed E-state index contributed by atoms with van der Waals surface area (Å²) in [5, 5.41) is 10.2. The van der Waals surface area contributed by atoms with Gasteiger partial charge in [-0.15, -0.1) is 0 Å². The van der Waals surface area contributed by atoms with Gasteiger partial charge >= 0.3 is 0 Å². The molecule has 1 heterocycles. The van der Waals surface area contributed by atoms with Crippen LogP contribution in [0.5, 0.6) is 0 Å². The lowest BCUT2D eigenvalue weighted by molar-refractivity contribution is -0.100. The van der Waals surface area contributed by atoms with Crippen LogP contribution in [0.1, 0.15) is 45.4 Å². The molecular weight excluding hydrogens is 164 g/mol. The summed E-state index contributed by atoms with van der Waals surface area (Å²) < 4.78 is 5.66. The molecule has 2 aliphatic rings. The van der Waals surface area contributed by atoms with Gasteiger partial charge in [0.2, 0.25) is 0 Å². The van der Waals surface area contributed by atoms with Crippen molar-refractivity contribution in [3.63, 3.8) is 0 Å². The Bertz CT molecular complexity index is 167. The van der Waals surface area contributed by atoms with Gasteiger partial charge in [0.25, 0.3) is 0 Å². The SMILES string of the molecule is CC1(C(O)C2CCCC2)CCCO1. The molecule has 1 aliphatic heterocycles. The molecule has 76 valence electrons. The molecule has 0 amide bonds. The van der Waals surface area contributed by atoms with Gasteiger partial charge in [-0.2, -0.15) is 0 Å². The van der Waals surface area contributed by atoms with Gasteiger partial charge in [0.1, 0.15) is 0 Å². The van der Waals surface area contributed by atoms with E-state index in [4.69, 9.17) is 4.74 Å². The third kappa shape index (κ3) is 1.75.